The Morgan fingerprint density at radius 1 is 1.25 bits per heavy atom. The summed E-state index contributed by atoms with van der Waals surface area (Å²) in [6.07, 6.45) is 4.15. The van der Waals surface area contributed by atoms with E-state index in [1.165, 1.54) is 10.0 Å². The summed E-state index contributed by atoms with van der Waals surface area (Å²) in [4.78, 5) is 0. The van der Waals surface area contributed by atoms with E-state index in [0.29, 0.717) is 12.0 Å². The molecule has 0 saturated heterocycles. The zero-order chi connectivity index (χ0) is 14.5. The number of benzene rings is 1. The topological polar surface area (TPSA) is 17.8 Å². The smallest absolute Gasteiger partial charge is 0.0631 e. The van der Waals surface area contributed by atoms with Gasteiger partial charge in [0.05, 0.1) is 5.69 Å². The molecule has 0 aliphatic heterocycles. The first-order chi connectivity index (χ1) is 9.65. The van der Waals surface area contributed by atoms with Crippen LogP contribution in [0.15, 0.2) is 41.0 Å². The lowest BCUT2D eigenvalue weighted by Gasteiger charge is -2.15. The van der Waals surface area contributed by atoms with Crippen LogP contribution in [0.4, 0.5) is 0 Å². The number of hydrogen-bond acceptors (Lipinski definition) is 1. The Balaban J connectivity index is 2.15. The number of aromatic nitrogens is 2. The molecule has 1 aromatic carbocycles. The summed E-state index contributed by atoms with van der Waals surface area (Å²) in [6, 6.07) is 11.0. The lowest BCUT2D eigenvalue weighted by Crippen LogP contribution is -2.08. The van der Waals surface area contributed by atoms with E-state index < -0.39 is 0 Å². The fourth-order valence-electron chi connectivity index (χ4n) is 2.23. The van der Waals surface area contributed by atoms with Crippen LogP contribution in [0.3, 0.4) is 0 Å². The fraction of sp³-hybridized carbons (Fsp3) is 0.438. The molecule has 0 radical (unpaired) electrons. The van der Waals surface area contributed by atoms with Gasteiger partial charge in [0.15, 0.2) is 0 Å². The Morgan fingerprint density at radius 2 is 2.00 bits per heavy atom. The summed E-state index contributed by atoms with van der Waals surface area (Å²) in [7, 11) is 0. The Kier molecular flexibility index (Phi) is 5.85. The van der Waals surface area contributed by atoms with Gasteiger partial charge in [0, 0.05) is 28.0 Å². The Morgan fingerprint density at radius 3 is 2.65 bits per heavy atom. The third-order valence-corrected chi connectivity index (χ3v) is 5.20. The summed E-state index contributed by atoms with van der Waals surface area (Å²) in [5.41, 5.74) is 2.49. The molecule has 2 nitrogen and oxygen atoms in total. The molecule has 0 fully saturated rings. The van der Waals surface area contributed by atoms with Crippen molar-refractivity contribution in [2.45, 2.75) is 38.6 Å². The van der Waals surface area contributed by atoms with Gasteiger partial charge >= 0.3 is 0 Å². The second-order valence-electron chi connectivity index (χ2n) is 5.12. The first-order valence-electron chi connectivity index (χ1n) is 7.00. The van der Waals surface area contributed by atoms with Crippen molar-refractivity contribution in [1.29, 1.82) is 0 Å². The van der Waals surface area contributed by atoms with E-state index in [1.54, 1.807) is 0 Å². The van der Waals surface area contributed by atoms with Gasteiger partial charge in [0.1, 0.15) is 0 Å². The molecule has 1 heterocycles. The van der Waals surface area contributed by atoms with E-state index in [2.05, 4.69) is 86.9 Å². The van der Waals surface area contributed by atoms with Gasteiger partial charge in [-0.15, -0.1) is 0 Å². The van der Waals surface area contributed by atoms with Gasteiger partial charge in [-0.3, -0.25) is 4.68 Å². The molecule has 0 aliphatic rings. The monoisotopic (exact) mass is 398 g/mol. The minimum atomic E-state index is 0.436. The van der Waals surface area contributed by atoms with Crippen molar-refractivity contribution in [3.63, 3.8) is 0 Å². The molecule has 2 aromatic rings. The van der Waals surface area contributed by atoms with Crippen molar-refractivity contribution < 1.29 is 0 Å². The van der Waals surface area contributed by atoms with E-state index in [-0.39, 0.29) is 0 Å². The van der Waals surface area contributed by atoms with Crippen LogP contribution in [0.2, 0.25) is 0 Å². The minimum absolute atomic E-state index is 0.436. The number of nitrogens with zero attached hydrogens (tertiary/aromatic N) is 2. The number of alkyl halides is 1. The molecule has 20 heavy (non-hydrogen) atoms. The summed E-state index contributed by atoms with van der Waals surface area (Å²) >= 11 is 7.28. The van der Waals surface area contributed by atoms with Crippen LogP contribution in [0.5, 0.6) is 0 Å². The molecule has 4 heteroatoms. The lowest BCUT2D eigenvalue weighted by atomic mass is 9.96. The third-order valence-electron chi connectivity index (χ3n) is 3.69. The first kappa shape index (κ1) is 15.8. The minimum Gasteiger partial charge on any atom is -0.270 e. The van der Waals surface area contributed by atoms with E-state index in [4.69, 9.17) is 5.10 Å². The van der Waals surface area contributed by atoms with Gasteiger partial charge in [0.25, 0.3) is 0 Å². The maximum atomic E-state index is 4.70. The summed E-state index contributed by atoms with van der Waals surface area (Å²) in [5.74, 6) is 0.436. The van der Waals surface area contributed by atoms with Gasteiger partial charge in [-0.2, -0.15) is 5.10 Å². The Labute approximate surface area is 137 Å². The third kappa shape index (κ3) is 3.73. The predicted molar refractivity (Wildman–Crippen MR) is 91.6 cm³/mol. The van der Waals surface area contributed by atoms with E-state index in [0.717, 1.165) is 23.9 Å². The largest absolute Gasteiger partial charge is 0.270 e. The normalized spacial score (nSPS) is 14.2. The average Bonchev–Trinajstić information content (AvgIpc) is 2.93. The van der Waals surface area contributed by atoms with Crippen LogP contribution < -0.4 is 0 Å². The van der Waals surface area contributed by atoms with Crippen LogP contribution in [-0.4, -0.2) is 15.1 Å². The van der Waals surface area contributed by atoms with Gasteiger partial charge < -0.3 is 0 Å². The molecule has 2 atom stereocenters. The summed E-state index contributed by atoms with van der Waals surface area (Å²) in [6.45, 7) is 4.39. The van der Waals surface area contributed by atoms with Crippen molar-refractivity contribution in [3.05, 3.63) is 52.3 Å². The second kappa shape index (κ2) is 7.41. The highest BCUT2D eigenvalue weighted by molar-refractivity contribution is 9.10. The van der Waals surface area contributed by atoms with Gasteiger partial charge in [-0.05, 0) is 37.5 Å². The fourth-order valence-corrected chi connectivity index (χ4v) is 3.41. The van der Waals surface area contributed by atoms with Crippen LogP contribution >= 0.6 is 31.9 Å². The quantitative estimate of drug-likeness (QED) is 0.599. The second-order valence-corrected chi connectivity index (χ2v) is 6.62. The SMILES string of the molecule is CCC(C)n1ccc(CC(CBr)c2ccccc2Br)n1. The van der Waals surface area contributed by atoms with Crippen molar-refractivity contribution in [2.24, 2.45) is 0 Å². The molecule has 0 saturated carbocycles. The lowest BCUT2D eigenvalue weighted by molar-refractivity contribution is 0.472. The first-order valence-corrected chi connectivity index (χ1v) is 8.91. The Bertz CT molecular complexity index is 551. The molecule has 2 rings (SSSR count). The highest BCUT2D eigenvalue weighted by Gasteiger charge is 2.15. The molecule has 0 aliphatic carbocycles. The highest BCUT2D eigenvalue weighted by Crippen LogP contribution is 2.29. The zero-order valence-corrected chi connectivity index (χ0v) is 15.1. The van der Waals surface area contributed by atoms with Gasteiger partial charge in [-0.25, -0.2) is 0 Å². The van der Waals surface area contributed by atoms with Crippen LogP contribution in [-0.2, 0) is 6.42 Å². The van der Waals surface area contributed by atoms with Gasteiger partial charge in [0.2, 0.25) is 0 Å². The van der Waals surface area contributed by atoms with Crippen molar-refractivity contribution in [1.82, 2.24) is 9.78 Å². The van der Waals surface area contributed by atoms with Gasteiger partial charge in [-0.1, -0.05) is 57.0 Å². The standard InChI is InChI=1S/C16H20Br2N2/c1-3-12(2)20-9-8-14(19-20)10-13(11-17)15-6-4-5-7-16(15)18/h4-9,12-13H,3,10-11H2,1-2H3. The Hall–Kier alpha value is -0.610. The van der Waals surface area contributed by atoms with Crippen molar-refractivity contribution >= 4 is 31.9 Å². The molecular formula is C16H20Br2N2. The summed E-state index contributed by atoms with van der Waals surface area (Å²) < 4.78 is 3.24. The summed E-state index contributed by atoms with van der Waals surface area (Å²) in [5, 5.41) is 5.64. The number of halogens is 2. The maximum Gasteiger partial charge on any atom is 0.0631 e. The molecule has 0 amide bonds. The molecular weight excluding hydrogens is 380 g/mol. The molecule has 0 bridgehead atoms. The average molecular weight is 400 g/mol. The maximum absolute atomic E-state index is 4.70. The predicted octanol–water partition coefficient (Wildman–Crippen LogP) is 5.34. The number of hydrogen-bond donors (Lipinski definition) is 0. The molecule has 108 valence electrons. The van der Waals surface area contributed by atoms with Crippen LogP contribution in [0.1, 0.15) is 43.5 Å². The van der Waals surface area contributed by atoms with Crippen molar-refractivity contribution in [2.75, 3.05) is 5.33 Å². The molecule has 1 aromatic heterocycles. The molecule has 0 spiro atoms. The van der Waals surface area contributed by atoms with E-state index in [9.17, 15) is 0 Å². The molecule has 2 unspecified atom stereocenters. The van der Waals surface area contributed by atoms with E-state index >= 15 is 0 Å². The van der Waals surface area contributed by atoms with Crippen LogP contribution in [0.25, 0.3) is 0 Å². The zero-order valence-electron chi connectivity index (χ0n) is 11.9. The van der Waals surface area contributed by atoms with E-state index in [1.807, 2.05) is 0 Å². The number of rotatable bonds is 6. The van der Waals surface area contributed by atoms with Crippen molar-refractivity contribution in [3.8, 4) is 0 Å². The molecule has 0 N–H and O–H groups in total. The van der Waals surface area contributed by atoms with Crippen LogP contribution in [0, 0.1) is 0 Å². The highest BCUT2D eigenvalue weighted by atomic mass is 79.9.